The summed E-state index contributed by atoms with van der Waals surface area (Å²) in [7, 11) is 2.10. The third-order valence-electron chi connectivity index (χ3n) is 5.79. The van der Waals surface area contributed by atoms with Crippen LogP contribution in [0.2, 0.25) is 0 Å². The Morgan fingerprint density at radius 1 is 0.912 bits per heavy atom. The van der Waals surface area contributed by atoms with Gasteiger partial charge in [0.15, 0.2) is 0 Å². The number of aromatic nitrogens is 4. The molecule has 2 aromatic heterocycles. The highest BCUT2D eigenvalue weighted by Crippen LogP contribution is 2.35. The summed E-state index contributed by atoms with van der Waals surface area (Å²) in [5.74, 6) is -0.275. The summed E-state index contributed by atoms with van der Waals surface area (Å²) in [6.07, 6.45) is -2.18. The minimum absolute atomic E-state index is 0.0606. The third kappa shape index (κ3) is 4.74. The normalized spacial score (nSPS) is 15.0. The highest BCUT2D eigenvalue weighted by atomic mass is 19.4. The van der Waals surface area contributed by atoms with Crippen molar-refractivity contribution in [3.05, 3.63) is 60.4 Å². The SMILES string of the molecule is CN1CCN(c2ccc(Nc3ncc(C(F)(F)F)c(Nc4ccc5cn[nH]c5c4)n3)cc2)CC1. The van der Waals surface area contributed by atoms with Gasteiger partial charge in [0.25, 0.3) is 0 Å². The molecule has 0 bridgehead atoms. The van der Waals surface area contributed by atoms with Gasteiger partial charge >= 0.3 is 6.18 Å². The number of benzene rings is 2. The first-order valence-electron chi connectivity index (χ1n) is 10.8. The molecule has 34 heavy (non-hydrogen) atoms. The van der Waals surface area contributed by atoms with Crippen LogP contribution >= 0.6 is 0 Å². The van der Waals surface area contributed by atoms with Crippen LogP contribution < -0.4 is 15.5 Å². The molecule has 11 heteroatoms. The van der Waals surface area contributed by atoms with Crippen molar-refractivity contribution in [3.63, 3.8) is 0 Å². The molecule has 3 heterocycles. The number of nitrogens with one attached hydrogen (secondary N) is 3. The number of hydrogen-bond acceptors (Lipinski definition) is 7. The number of halogens is 3. The number of H-pyrrole nitrogens is 1. The molecular weight excluding hydrogens is 445 g/mol. The lowest BCUT2D eigenvalue weighted by molar-refractivity contribution is -0.137. The highest BCUT2D eigenvalue weighted by molar-refractivity contribution is 5.82. The van der Waals surface area contributed by atoms with Crippen LogP contribution in [0.1, 0.15) is 5.56 Å². The van der Waals surface area contributed by atoms with Crippen LogP contribution in [0.4, 0.5) is 42.0 Å². The molecule has 0 aliphatic carbocycles. The minimum atomic E-state index is -4.61. The zero-order valence-corrected chi connectivity index (χ0v) is 18.4. The zero-order chi connectivity index (χ0) is 23.7. The molecule has 1 fully saturated rings. The Kier molecular flexibility index (Phi) is 5.70. The molecule has 0 atom stereocenters. The number of fused-ring (bicyclic) bond motifs is 1. The summed E-state index contributed by atoms with van der Waals surface area (Å²) < 4.78 is 40.8. The maximum atomic E-state index is 13.6. The molecule has 1 aliphatic heterocycles. The van der Waals surface area contributed by atoms with E-state index in [4.69, 9.17) is 0 Å². The van der Waals surface area contributed by atoms with Crippen molar-refractivity contribution < 1.29 is 13.2 Å². The lowest BCUT2D eigenvalue weighted by Crippen LogP contribution is -2.44. The van der Waals surface area contributed by atoms with Crippen LogP contribution in [0.3, 0.4) is 0 Å². The summed E-state index contributed by atoms with van der Waals surface area (Å²) in [4.78, 5) is 12.6. The summed E-state index contributed by atoms with van der Waals surface area (Å²) in [5.41, 5.74) is 1.98. The van der Waals surface area contributed by atoms with E-state index in [-0.39, 0.29) is 11.8 Å². The van der Waals surface area contributed by atoms with Crippen LogP contribution in [0.25, 0.3) is 10.9 Å². The van der Waals surface area contributed by atoms with E-state index in [9.17, 15) is 13.2 Å². The molecule has 1 saturated heterocycles. The van der Waals surface area contributed by atoms with Gasteiger partial charge in [0.05, 0.1) is 11.7 Å². The number of likely N-dealkylation sites (N-methyl/N-ethyl adjacent to an activating group) is 1. The van der Waals surface area contributed by atoms with E-state index in [0.29, 0.717) is 16.9 Å². The summed E-state index contributed by atoms with van der Waals surface area (Å²) >= 11 is 0. The first-order chi connectivity index (χ1) is 16.3. The molecule has 0 amide bonds. The van der Waals surface area contributed by atoms with Crippen molar-refractivity contribution in [1.82, 2.24) is 25.1 Å². The van der Waals surface area contributed by atoms with E-state index >= 15 is 0 Å². The van der Waals surface area contributed by atoms with Gasteiger partial charge in [0, 0.05) is 54.8 Å². The predicted octanol–water partition coefficient (Wildman–Crippen LogP) is 4.61. The molecule has 2 aromatic carbocycles. The highest BCUT2D eigenvalue weighted by Gasteiger charge is 2.35. The Bertz CT molecular complexity index is 1280. The van der Waals surface area contributed by atoms with E-state index < -0.39 is 11.7 Å². The molecule has 8 nitrogen and oxygen atoms in total. The topological polar surface area (TPSA) is 85.0 Å². The minimum Gasteiger partial charge on any atom is -0.369 e. The van der Waals surface area contributed by atoms with Gasteiger partial charge in [-0.05, 0) is 49.5 Å². The van der Waals surface area contributed by atoms with E-state index in [1.807, 2.05) is 24.3 Å². The molecule has 5 rings (SSSR count). The second-order valence-corrected chi connectivity index (χ2v) is 8.21. The van der Waals surface area contributed by atoms with E-state index in [2.05, 4.69) is 47.6 Å². The first-order valence-corrected chi connectivity index (χ1v) is 10.8. The van der Waals surface area contributed by atoms with Crippen LogP contribution in [0, 0.1) is 0 Å². The molecule has 0 radical (unpaired) electrons. The lowest BCUT2D eigenvalue weighted by atomic mass is 10.2. The molecule has 1 aliphatic rings. The maximum absolute atomic E-state index is 13.6. The fraction of sp³-hybridized carbons (Fsp3) is 0.261. The van der Waals surface area contributed by atoms with E-state index in [1.54, 1.807) is 24.4 Å². The van der Waals surface area contributed by atoms with Crippen molar-refractivity contribution in [3.8, 4) is 0 Å². The average molecular weight is 468 g/mol. The van der Waals surface area contributed by atoms with Crippen LogP contribution in [0.15, 0.2) is 54.9 Å². The number of aromatic amines is 1. The maximum Gasteiger partial charge on any atom is 0.421 e. The summed E-state index contributed by atoms with van der Waals surface area (Å²) in [6.45, 7) is 3.90. The number of alkyl halides is 3. The molecule has 176 valence electrons. The number of piperazine rings is 1. The number of nitrogens with zero attached hydrogens (tertiary/aromatic N) is 5. The average Bonchev–Trinajstić information content (AvgIpc) is 3.28. The zero-order valence-electron chi connectivity index (χ0n) is 18.4. The van der Waals surface area contributed by atoms with Crippen LogP contribution in [-0.4, -0.2) is 58.3 Å². The van der Waals surface area contributed by atoms with Crippen molar-refractivity contribution in [2.75, 3.05) is 48.8 Å². The number of rotatable bonds is 5. The fourth-order valence-electron chi connectivity index (χ4n) is 3.85. The van der Waals surface area contributed by atoms with Crippen molar-refractivity contribution in [2.45, 2.75) is 6.18 Å². The van der Waals surface area contributed by atoms with Crippen molar-refractivity contribution in [1.29, 1.82) is 0 Å². The van der Waals surface area contributed by atoms with Gasteiger partial charge in [0.1, 0.15) is 11.4 Å². The Morgan fingerprint density at radius 2 is 1.65 bits per heavy atom. The van der Waals surface area contributed by atoms with Gasteiger partial charge in [-0.1, -0.05) is 0 Å². The Hall–Kier alpha value is -3.86. The molecule has 3 N–H and O–H groups in total. The molecule has 0 saturated carbocycles. The second-order valence-electron chi connectivity index (χ2n) is 8.21. The number of hydrogen-bond donors (Lipinski definition) is 3. The molecule has 0 unspecified atom stereocenters. The van der Waals surface area contributed by atoms with Crippen LogP contribution in [-0.2, 0) is 6.18 Å². The Labute approximate surface area is 193 Å². The van der Waals surface area contributed by atoms with Crippen LogP contribution in [0.5, 0.6) is 0 Å². The quantitative estimate of drug-likeness (QED) is 0.394. The van der Waals surface area contributed by atoms with Gasteiger partial charge in [-0.2, -0.15) is 23.3 Å². The second kappa shape index (κ2) is 8.82. The van der Waals surface area contributed by atoms with Gasteiger partial charge in [-0.25, -0.2) is 4.98 Å². The largest absolute Gasteiger partial charge is 0.421 e. The standard InChI is InChI=1S/C23H23F3N8/c1-33-8-10-34(11-9-33)18-6-4-16(5-7-18)30-22-27-14-19(23(24,25)26)21(31-22)29-17-3-2-15-13-28-32-20(15)12-17/h2-7,12-14H,8-11H2,1H3,(H,28,32)(H2,27,29,30,31). The Morgan fingerprint density at radius 3 is 2.38 bits per heavy atom. The first kappa shape index (κ1) is 22.0. The Balaban J connectivity index is 1.36. The van der Waals surface area contributed by atoms with E-state index in [0.717, 1.165) is 43.4 Å². The summed E-state index contributed by atoms with van der Waals surface area (Å²) in [5, 5.41) is 13.4. The van der Waals surface area contributed by atoms with Gasteiger partial charge in [0.2, 0.25) is 5.95 Å². The van der Waals surface area contributed by atoms with Gasteiger partial charge in [-0.3, -0.25) is 5.10 Å². The fourth-order valence-corrected chi connectivity index (χ4v) is 3.85. The summed E-state index contributed by atoms with van der Waals surface area (Å²) in [6, 6.07) is 12.8. The number of anilines is 5. The van der Waals surface area contributed by atoms with Gasteiger partial charge < -0.3 is 20.4 Å². The third-order valence-corrected chi connectivity index (χ3v) is 5.79. The smallest absolute Gasteiger partial charge is 0.369 e. The van der Waals surface area contributed by atoms with Gasteiger partial charge in [-0.15, -0.1) is 0 Å². The molecule has 4 aromatic rings. The van der Waals surface area contributed by atoms with Crippen molar-refractivity contribution >= 4 is 39.7 Å². The lowest BCUT2D eigenvalue weighted by Gasteiger charge is -2.34. The monoisotopic (exact) mass is 468 g/mol. The van der Waals surface area contributed by atoms with Crippen molar-refractivity contribution in [2.24, 2.45) is 0 Å². The molecule has 0 spiro atoms. The predicted molar refractivity (Wildman–Crippen MR) is 126 cm³/mol. The van der Waals surface area contributed by atoms with E-state index in [1.165, 1.54) is 0 Å². The molecular formula is C23H23F3N8.